The number of benzene rings is 2. The molecule has 1 aliphatic heterocycles. The number of nitrogens with one attached hydrogen (secondary N) is 1. The number of amides is 2. The Labute approximate surface area is 172 Å². The summed E-state index contributed by atoms with van der Waals surface area (Å²) in [4.78, 5) is 28.4. The smallest absolute Gasteiger partial charge is 0.337 e. The number of nitrogens with zero attached hydrogens (tertiary/aromatic N) is 2. The van der Waals surface area contributed by atoms with E-state index in [1.54, 1.807) is 24.3 Å². The molecule has 2 aromatic carbocycles. The normalized spacial score (nSPS) is 16.5. The molecule has 1 saturated heterocycles. The van der Waals surface area contributed by atoms with E-state index in [4.69, 9.17) is 4.74 Å². The summed E-state index contributed by atoms with van der Waals surface area (Å²) >= 11 is 0. The van der Waals surface area contributed by atoms with Crippen molar-refractivity contribution in [2.24, 2.45) is 0 Å². The largest absolute Gasteiger partial charge is 0.465 e. The number of ether oxygens (including phenoxy) is 1. The summed E-state index contributed by atoms with van der Waals surface area (Å²) in [6.45, 7) is 2.45. The zero-order chi connectivity index (χ0) is 20.6. The molecule has 6 heteroatoms. The Kier molecular flexibility index (Phi) is 7.25. The van der Waals surface area contributed by atoms with Crippen molar-refractivity contribution in [3.8, 4) is 0 Å². The van der Waals surface area contributed by atoms with Gasteiger partial charge in [0, 0.05) is 31.4 Å². The maximum atomic E-state index is 12.7. The van der Waals surface area contributed by atoms with Crippen molar-refractivity contribution in [3.63, 3.8) is 0 Å². The van der Waals surface area contributed by atoms with Gasteiger partial charge in [-0.15, -0.1) is 0 Å². The Bertz CT molecular complexity index is 808. The minimum absolute atomic E-state index is 0.100. The third-order valence-electron chi connectivity index (χ3n) is 5.46. The second kappa shape index (κ2) is 10.1. The first-order valence-electron chi connectivity index (χ1n) is 10.1. The first kappa shape index (κ1) is 20.9. The maximum absolute atomic E-state index is 12.7. The number of hydrogen-bond acceptors (Lipinski definition) is 4. The average Bonchev–Trinajstić information content (AvgIpc) is 2.78. The topological polar surface area (TPSA) is 61.9 Å². The van der Waals surface area contributed by atoms with Crippen LogP contribution in [0.2, 0.25) is 0 Å². The highest BCUT2D eigenvalue weighted by Crippen LogP contribution is 2.18. The summed E-state index contributed by atoms with van der Waals surface area (Å²) in [7, 11) is 3.49. The van der Waals surface area contributed by atoms with Crippen LogP contribution < -0.4 is 5.32 Å². The number of piperidine rings is 1. The van der Waals surface area contributed by atoms with Crippen LogP contribution in [0.15, 0.2) is 54.6 Å². The van der Waals surface area contributed by atoms with Crippen LogP contribution in [0.3, 0.4) is 0 Å². The predicted octanol–water partition coefficient (Wildman–Crippen LogP) is 3.64. The summed E-state index contributed by atoms with van der Waals surface area (Å²) in [6.07, 6.45) is 3.10. The Morgan fingerprint density at radius 2 is 1.86 bits per heavy atom. The summed E-state index contributed by atoms with van der Waals surface area (Å²) < 4.78 is 4.70. The third kappa shape index (κ3) is 5.81. The lowest BCUT2D eigenvalue weighted by Crippen LogP contribution is -2.50. The fraction of sp³-hybridized carbons (Fsp3) is 0.391. The molecule has 3 rings (SSSR count). The number of urea groups is 1. The number of likely N-dealkylation sites (N-methyl/N-ethyl adjacent to an activating group) is 1. The molecule has 0 aromatic heterocycles. The van der Waals surface area contributed by atoms with Crippen LogP contribution in [0.25, 0.3) is 0 Å². The standard InChI is InChI=1S/C23H29N3O3/c1-25(16-14-18-7-4-3-5-8-18)21-9-6-15-26(17-21)23(28)24-20-12-10-19(11-13-20)22(27)29-2/h3-5,7-8,10-13,21H,6,9,14-17H2,1-2H3,(H,24,28)/t21-/m0/s1. The number of methoxy groups -OCH3 is 1. The quantitative estimate of drug-likeness (QED) is 0.759. The van der Waals surface area contributed by atoms with Crippen LogP contribution in [0, 0.1) is 0 Å². The van der Waals surface area contributed by atoms with Crippen molar-refractivity contribution in [1.82, 2.24) is 9.80 Å². The second-order valence-electron chi connectivity index (χ2n) is 7.46. The number of carbonyl (C=O) groups is 2. The van der Waals surface area contributed by atoms with Gasteiger partial charge in [-0.25, -0.2) is 9.59 Å². The summed E-state index contributed by atoms with van der Waals surface area (Å²) in [5, 5.41) is 2.93. The van der Waals surface area contributed by atoms with E-state index in [1.165, 1.54) is 12.7 Å². The van der Waals surface area contributed by atoms with E-state index in [-0.39, 0.29) is 12.0 Å². The highest BCUT2D eigenvalue weighted by atomic mass is 16.5. The lowest BCUT2D eigenvalue weighted by Gasteiger charge is -2.37. The first-order valence-corrected chi connectivity index (χ1v) is 10.1. The van der Waals surface area contributed by atoms with Crippen molar-refractivity contribution in [3.05, 3.63) is 65.7 Å². The number of carbonyl (C=O) groups excluding carboxylic acids is 2. The van der Waals surface area contributed by atoms with Gasteiger partial charge in [-0.2, -0.15) is 0 Å². The molecule has 29 heavy (non-hydrogen) atoms. The molecule has 1 fully saturated rings. The summed E-state index contributed by atoms with van der Waals surface area (Å²) in [5.74, 6) is -0.389. The molecule has 6 nitrogen and oxygen atoms in total. The minimum atomic E-state index is -0.389. The zero-order valence-corrected chi connectivity index (χ0v) is 17.1. The van der Waals surface area contributed by atoms with Crippen molar-refractivity contribution in [2.45, 2.75) is 25.3 Å². The van der Waals surface area contributed by atoms with Crippen LogP contribution in [-0.4, -0.2) is 61.6 Å². The second-order valence-corrected chi connectivity index (χ2v) is 7.46. The van der Waals surface area contributed by atoms with Gasteiger partial charge < -0.3 is 19.9 Å². The Morgan fingerprint density at radius 3 is 2.55 bits per heavy atom. The molecule has 1 atom stereocenters. The highest BCUT2D eigenvalue weighted by Gasteiger charge is 2.26. The van der Waals surface area contributed by atoms with Crippen LogP contribution in [0.4, 0.5) is 10.5 Å². The number of anilines is 1. The van der Waals surface area contributed by atoms with Gasteiger partial charge in [-0.3, -0.25) is 0 Å². The molecule has 0 bridgehead atoms. The minimum Gasteiger partial charge on any atom is -0.465 e. The number of rotatable bonds is 6. The molecule has 0 aliphatic carbocycles. The molecule has 0 spiro atoms. The van der Waals surface area contributed by atoms with Gasteiger partial charge in [-0.1, -0.05) is 30.3 Å². The van der Waals surface area contributed by atoms with Gasteiger partial charge in [-0.05, 0) is 56.1 Å². The SMILES string of the molecule is COC(=O)c1ccc(NC(=O)N2CCC[C@H](N(C)CCc3ccccc3)C2)cc1. The number of esters is 1. The molecule has 2 amide bonds. The molecule has 0 saturated carbocycles. The molecule has 1 aliphatic rings. The molecular weight excluding hydrogens is 366 g/mol. The van der Waals surface area contributed by atoms with E-state index in [0.717, 1.165) is 38.9 Å². The van der Waals surface area contributed by atoms with Gasteiger partial charge in [0.25, 0.3) is 0 Å². The van der Waals surface area contributed by atoms with Crippen molar-refractivity contribution in [1.29, 1.82) is 0 Å². The van der Waals surface area contributed by atoms with Crippen LogP contribution in [0.5, 0.6) is 0 Å². The fourth-order valence-electron chi connectivity index (χ4n) is 3.64. The monoisotopic (exact) mass is 395 g/mol. The lowest BCUT2D eigenvalue weighted by atomic mass is 10.0. The maximum Gasteiger partial charge on any atom is 0.337 e. The van der Waals surface area contributed by atoms with Crippen LogP contribution in [-0.2, 0) is 11.2 Å². The van der Waals surface area contributed by atoms with E-state index in [1.807, 2.05) is 11.0 Å². The van der Waals surface area contributed by atoms with Crippen molar-refractivity contribution in [2.75, 3.05) is 39.1 Å². The van der Waals surface area contributed by atoms with Gasteiger partial charge >= 0.3 is 12.0 Å². The summed E-state index contributed by atoms with van der Waals surface area (Å²) in [5.41, 5.74) is 2.46. The van der Waals surface area contributed by atoms with E-state index >= 15 is 0 Å². The van der Waals surface area contributed by atoms with Crippen LogP contribution in [0.1, 0.15) is 28.8 Å². The number of likely N-dealkylation sites (tertiary alicyclic amines) is 1. The zero-order valence-electron chi connectivity index (χ0n) is 17.1. The highest BCUT2D eigenvalue weighted by molar-refractivity contribution is 5.92. The Hall–Kier alpha value is -2.86. The van der Waals surface area contributed by atoms with Crippen molar-refractivity contribution < 1.29 is 14.3 Å². The molecule has 2 aromatic rings. The van der Waals surface area contributed by atoms with Crippen molar-refractivity contribution >= 4 is 17.7 Å². The molecular formula is C23H29N3O3. The van der Waals surface area contributed by atoms with Crippen LogP contribution >= 0.6 is 0 Å². The van der Waals surface area contributed by atoms with Gasteiger partial charge in [0.2, 0.25) is 0 Å². The van der Waals surface area contributed by atoms with Gasteiger partial charge in [0.15, 0.2) is 0 Å². The van der Waals surface area contributed by atoms with E-state index in [2.05, 4.69) is 41.5 Å². The first-order chi connectivity index (χ1) is 14.1. The predicted molar refractivity (Wildman–Crippen MR) is 114 cm³/mol. The Balaban J connectivity index is 1.51. The molecule has 154 valence electrons. The van der Waals surface area contributed by atoms with Gasteiger partial charge in [0.1, 0.15) is 0 Å². The fourth-order valence-corrected chi connectivity index (χ4v) is 3.64. The van der Waals surface area contributed by atoms with E-state index in [9.17, 15) is 9.59 Å². The molecule has 0 radical (unpaired) electrons. The summed E-state index contributed by atoms with van der Waals surface area (Å²) in [6, 6.07) is 17.5. The molecule has 1 heterocycles. The number of hydrogen-bond donors (Lipinski definition) is 1. The average molecular weight is 396 g/mol. The van der Waals surface area contributed by atoms with Gasteiger partial charge in [0.05, 0.1) is 12.7 Å². The van der Waals surface area contributed by atoms with E-state index in [0.29, 0.717) is 17.3 Å². The lowest BCUT2D eigenvalue weighted by molar-refractivity contribution is 0.0600. The Morgan fingerprint density at radius 1 is 1.14 bits per heavy atom. The third-order valence-corrected chi connectivity index (χ3v) is 5.46. The molecule has 0 unspecified atom stereocenters. The van der Waals surface area contributed by atoms with E-state index < -0.39 is 0 Å². The molecule has 1 N–H and O–H groups in total.